The molecule has 17 heavy (non-hydrogen) atoms. The first-order chi connectivity index (χ1) is 7.98. The maximum absolute atomic E-state index is 11.7. The summed E-state index contributed by atoms with van der Waals surface area (Å²) in [5, 5.41) is 2.70. The lowest BCUT2D eigenvalue weighted by Gasteiger charge is -2.36. The van der Waals surface area contributed by atoms with Gasteiger partial charge in [0.2, 0.25) is 0 Å². The van der Waals surface area contributed by atoms with E-state index in [1.807, 2.05) is 0 Å². The van der Waals surface area contributed by atoms with E-state index in [0.717, 1.165) is 16.7 Å². The average molecular weight is 267 g/mol. The van der Waals surface area contributed by atoms with E-state index < -0.39 is 0 Å². The summed E-state index contributed by atoms with van der Waals surface area (Å²) in [6, 6.07) is 0. The van der Waals surface area contributed by atoms with E-state index in [1.54, 1.807) is 0 Å². The van der Waals surface area contributed by atoms with E-state index in [2.05, 4.69) is 25.2 Å². The van der Waals surface area contributed by atoms with Gasteiger partial charge in [0.25, 0.3) is 5.91 Å². The number of carbonyl (C=O) groups excluding carboxylic acids is 1. The smallest absolute Gasteiger partial charge is 0.263 e. The molecule has 1 N–H and O–H groups in total. The van der Waals surface area contributed by atoms with Crippen LogP contribution in [0, 0.1) is 23.2 Å². The van der Waals surface area contributed by atoms with Crippen LogP contribution in [0.15, 0.2) is 11.0 Å². The van der Waals surface area contributed by atoms with Gasteiger partial charge in [-0.1, -0.05) is 43.9 Å². The van der Waals surface area contributed by atoms with Gasteiger partial charge < -0.3 is 5.32 Å². The summed E-state index contributed by atoms with van der Waals surface area (Å²) < 4.78 is 0.599. The summed E-state index contributed by atoms with van der Waals surface area (Å²) in [6.45, 7) is 4.71. The number of fused-ring (bicyclic) bond motifs is 2. The van der Waals surface area contributed by atoms with Gasteiger partial charge in [-0.05, 0) is 42.4 Å². The van der Waals surface area contributed by atoms with Gasteiger partial charge in [0, 0.05) is 0 Å². The van der Waals surface area contributed by atoms with Gasteiger partial charge >= 0.3 is 0 Å². The van der Waals surface area contributed by atoms with Crippen molar-refractivity contribution < 1.29 is 4.79 Å². The highest BCUT2D eigenvalue weighted by Gasteiger charge is 2.52. The summed E-state index contributed by atoms with van der Waals surface area (Å²) >= 11 is 6.45. The van der Waals surface area contributed by atoms with Crippen LogP contribution in [0.1, 0.15) is 33.1 Å². The van der Waals surface area contributed by atoms with Crippen LogP contribution >= 0.6 is 24.0 Å². The molecule has 1 amide bonds. The third-order valence-corrected chi connectivity index (χ3v) is 6.05. The molecule has 2 bridgehead atoms. The zero-order chi connectivity index (χ0) is 12.2. The number of hydrogen-bond acceptors (Lipinski definition) is 3. The van der Waals surface area contributed by atoms with E-state index in [4.69, 9.17) is 12.2 Å². The van der Waals surface area contributed by atoms with E-state index in [1.165, 1.54) is 31.0 Å². The standard InChI is InChI=1S/C13H17NOS2/c1-13(2)8-4-3-7(5-8)9(13)6-10-11(15)14-12(16)17-10/h6-9H,3-5H2,1-2H3,(H,14,15,16)/b10-6+/t7-,8-,9-/m0/s1. The predicted molar refractivity (Wildman–Crippen MR) is 74.5 cm³/mol. The fraction of sp³-hybridized carbons (Fsp3) is 0.692. The number of thiocarbonyl (C=S) groups is 1. The van der Waals surface area contributed by atoms with Gasteiger partial charge in [0.15, 0.2) is 0 Å². The van der Waals surface area contributed by atoms with Crippen molar-refractivity contribution in [2.24, 2.45) is 23.2 Å². The normalized spacial score (nSPS) is 41.3. The number of rotatable bonds is 1. The van der Waals surface area contributed by atoms with Crippen LogP contribution in [-0.2, 0) is 4.79 Å². The number of nitrogens with one attached hydrogen (secondary N) is 1. The Morgan fingerprint density at radius 1 is 1.47 bits per heavy atom. The Labute approximate surface area is 112 Å². The molecule has 1 saturated heterocycles. The molecule has 3 rings (SSSR count). The van der Waals surface area contributed by atoms with Crippen molar-refractivity contribution in [3.8, 4) is 0 Å². The Balaban J connectivity index is 1.88. The highest BCUT2D eigenvalue weighted by molar-refractivity contribution is 8.26. The Morgan fingerprint density at radius 3 is 2.76 bits per heavy atom. The van der Waals surface area contributed by atoms with E-state index in [9.17, 15) is 4.79 Å². The van der Waals surface area contributed by atoms with Gasteiger partial charge in [0.05, 0.1) is 4.91 Å². The number of allylic oxidation sites excluding steroid dienone is 1. The lowest BCUT2D eigenvalue weighted by Crippen LogP contribution is -2.29. The molecule has 3 aliphatic rings. The summed E-state index contributed by atoms with van der Waals surface area (Å²) in [6.07, 6.45) is 6.25. The van der Waals surface area contributed by atoms with Crippen LogP contribution in [0.3, 0.4) is 0 Å². The zero-order valence-corrected chi connectivity index (χ0v) is 11.8. The molecule has 1 aliphatic heterocycles. The third kappa shape index (κ3) is 1.76. The summed E-state index contributed by atoms with van der Waals surface area (Å²) in [7, 11) is 0. The average Bonchev–Trinajstić information content (AvgIpc) is 2.86. The highest BCUT2D eigenvalue weighted by atomic mass is 32.2. The minimum Gasteiger partial charge on any atom is -0.307 e. The minimum atomic E-state index is -0.00132. The molecular formula is C13H17NOS2. The lowest BCUT2D eigenvalue weighted by atomic mass is 9.68. The summed E-state index contributed by atoms with van der Waals surface area (Å²) in [5.41, 5.74) is 0.348. The lowest BCUT2D eigenvalue weighted by molar-refractivity contribution is -0.115. The molecule has 2 saturated carbocycles. The number of amides is 1. The molecule has 0 spiro atoms. The largest absolute Gasteiger partial charge is 0.307 e. The molecule has 0 aromatic rings. The fourth-order valence-electron chi connectivity index (χ4n) is 3.85. The monoisotopic (exact) mass is 267 g/mol. The topological polar surface area (TPSA) is 29.1 Å². The van der Waals surface area contributed by atoms with Crippen molar-refractivity contribution >= 4 is 34.2 Å². The van der Waals surface area contributed by atoms with Crippen LogP contribution in [0.25, 0.3) is 0 Å². The molecular weight excluding hydrogens is 250 g/mol. The first kappa shape index (κ1) is 11.7. The van der Waals surface area contributed by atoms with Gasteiger partial charge in [0.1, 0.15) is 4.32 Å². The Kier molecular flexibility index (Phi) is 2.63. The van der Waals surface area contributed by atoms with Gasteiger partial charge in [-0.3, -0.25) is 4.79 Å². The van der Waals surface area contributed by atoms with Gasteiger partial charge in [-0.15, -0.1) is 0 Å². The van der Waals surface area contributed by atoms with Crippen molar-refractivity contribution in [1.82, 2.24) is 5.32 Å². The summed E-state index contributed by atoms with van der Waals surface area (Å²) in [5.74, 6) is 2.18. The second-order valence-corrected chi connectivity index (χ2v) is 7.71. The summed E-state index contributed by atoms with van der Waals surface area (Å²) in [4.78, 5) is 12.5. The molecule has 2 aliphatic carbocycles. The van der Waals surface area contributed by atoms with E-state index >= 15 is 0 Å². The first-order valence-corrected chi connectivity index (χ1v) is 7.46. The van der Waals surface area contributed by atoms with E-state index in [-0.39, 0.29) is 5.91 Å². The Morgan fingerprint density at radius 2 is 2.24 bits per heavy atom. The van der Waals surface area contributed by atoms with Crippen molar-refractivity contribution in [2.75, 3.05) is 0 Å². The Bertz CT molecular complexity index is 427. The van der Waals surface area contributed by atoms with Crippen LogP contribution < -0.4 is 5.32 Å². The number of carbonyl (C=O) groups is 1. The SMILES string of the molecule is CC1(C)[C@H]2CC[C@@H](C2)[C@@H]1/C=C1/SC(=S)NC1=O. The maximum Gasteiger partial charge on any atom is 0.263 e. The minimum absolute atomic E-state index is 0.00132. The second-order valence-electron chi connectivity index (χ2n) is 5.99. The van der Waals surface area contributed by atoms with Crippen molar-refractivity contribution in [3.63, 3.8) is 0 Å². The van der Waals surface area contributed by atoms with Gasteiger partial charge in [-0.25, -0.2) is 0 Å². The van der Waals surface area contributed by atoms with Crippen molar-refractivity contribution in [2.45, 2.75) is 33.1 Å². The van der Waals surface area contributed by atoms with Gasteiger partial charge in [-0.2, -0.15) is 0 Å². The molecule has 0 radical (unpaired) electrons. The highest BCUT2D eigenvalue weighted by Crippen LogP contribution is 2.60. The number of thioether (sulfide) groups is 1. The molecule has 92 valence electrons. The molecule has 3 fully saturated rings. The molecule has 1 heterocycles. The van der Waals surface area contributed by atoms with Crippen molar-refractivity contribution in [3.05, 3.63) is 11.0 Å². The molecule has 3 atom stereocenters. The fourth-order valence-corrected chi connectivity index (χ4v) is 4.91. The number of hydrogen-bond donors (Lipinski definition) is 1. The van der Waals surface area contributed by atoms with E-state index in [0.29, 0.717) is 15.7 Å². The van der Waals surface area contributed by atoms with Crippen LogP contribution in [0.4, 0.5) is 0 Å². The predicted octanol–water partition coefficient (Wildman–Crippen LogP) is 3.09. The van der Waals surface area contributed by atoms with Crippen LogP contribution in [0.5, 0.6) is 0 Å². The van der Waals surface area contributed by atoms with Crippen molar-refractivity contribution in [1.29, 1.82) is 0 Å². The first-order valence-electron chi connectivity index (χ1n) is 6.23. The molecule has 2 nitrogen and oxygen atoms in total. The molecule has 0 unspecified atom stereocenters. The maximum atomic E-state index is 11.7. The molecule has 0 aromatic carbocycles. The molecule has 4 heteroatoms. The van der Waals surface area contributed by atoms with Crippen LogP contribution in [-0.4, -0.2) is 10.2 Å². The Hall–Kier alpha value is -0.350. The second kappa shape index (κ2) is 3.82. The zero-order valence-electron chi connectivity index (χ0n) is 10.2. The third-order valence-electron chi connectivity index (χ3n) is 4.87. The van der Waals surface area contributed by atoms with Crippen LogP contribution in [0.2, 0.25) is 0 Å². The molecule has 0 aromatic heterocycles. The quantitative estimate of drug-likeness (QED) is 0.585.